The van der Waals surface area contributed by atoms with Crippen LogP contribution in [0, 0.1) is 0 Å². The normalized spacial score (nSPS) is 14.0. The number of nitrogens with zero attached hydrogens (tertiary/aromatic N) is 3. The molecule has 3 heterocycles. The van der Waals surface area contributed by atoms with Gasteiger partial charge in [0.25, 0.3) is 5.91 Å². The Morgan fingerprint density at radius 1 is 1.23 bits per heavy atom. The Bertz CT molecular complexity index is 1140. The van der Waals surface area contributed by atoms with Crippen LogP contribution in [0.25, 0.3) is 5.65 Å². The second kappa shape index (κ2) is 7.91. The van der Waals surface area contributed by atoms with Crippen molar-refractivity contribution in [2.24, 2.45) is 5.73 Å². The minimum Gasteiger partial charge on any atom is -0.365 e. The predicted molar refractivity (Wildman–Crippen MR) is 107 cm³/mol. The molecule has 0 fully saturated rings. The number of pyridine rings is 1. The molecule has 12 heteroatoms. The molecule has 3 aromatic rings. The molecule has 1 aliphatic carbocycles. The van der Waals surface area contributed by atoms with Crippen LogP contribution in [0.15, 0.2) is 23.5 Å². The average Bonchev–Trinajstić information content (AvgIpc) is 3.25. The van der Waals surface area contributed by atoms with Crippen LogP contribution in [0.4, 0.5) is 18.2 Å². The van der Waals surface area contributed by atoms with Gasteiger partial charge in [-0.15, -0.1) is 21.5 Å². The van der Waals surface area contributed by atoms with Crippen molar-refractivity contribution < 1.29 is 22.8 Å². The van der Waals surface area contributed by atoms with E-state index in [-0.39, 0.29) is 16.6 Å². The lowest BCUT2D eigenvalue weighted by Crippen LogP contribution is -2.19. The van der Waals surface area contributed by atoms with Gasteiger partial charge in [-0.05, 0) is 43.4 Å². The van der Waals surface area contributed by atoms with Crippen molar-refractivity contribution in [2.75, 3.05) is 11.1 Å². The van der Waals surface area contributed by atoms with Gasteiger partial charge in [0.15, 0.2) is 10.8 Å². The first-order valence-corrected chi connectivity index (χ1v) is 10.8. The molecule has 3 N–H and O–H groups in total. The number of carbonyl (C=O) groups excluding carboxylic acids is 2. The third kappa shape index (κ3) is 4.01. The van der Waals surface area contributed by atoms with E-state index in [2.05, 4.69) is 15.5 Å². The van der Waals surface area contributed by atoms with E-state index in [1.54, 1.807) is 0 Å². The molecule has 3 aromatic heterocycles. The fourth-order valence-corrected chi connectivity index (χ4v) is 5.37. The number of carbonyl (C=O) groups is 2. The predicted octanol–water partition coefficient (Wildman–Crippen LogP) is 3.52. The zero-order chi connectivity index (χ0) is 21.5. The van der Waals surface area contributed by atoms with Crippen LogP contribution < -0.4 is 11.1 Å². The molecule has 0 atom stereocenters. The van der Waals surface area contributed by atoms with Crippen molar-refractivity contribution in [1.29, 1.82) is 0 Å². The minimum atomic E-state index is -4.50. The van der Waals surface area contributed by atoms with E-state index in [4.69, 9.17) is 5.73 Å². The summed E-state index contributed by atoms with van der Waals surface area (Å²) < 4.78 is 40.0. The molecular formula is C18H16F3N5O2S2. The number of aryl methyl sites for hydroxylation is 1. The van der Waals surface area contributed by atoms with Gasteiger partial charge in [-0.2, -0.15) is 13.2 Å². The van der Waals surface area contributed by atoms with Crippen molar-refractivity contribution >= 4 is 45.6 Å². The topological polar surface area (TPSA) is 102 Å². The van der Waals surface area contributed by atoms with E-state index in [9.17, 15) is 22.8 Å². The molecule has 1 aliphatic rings. The molecule has 0 radical (unpaired) electrons. The highest BCUT2D eigenvalue weighted by molar-refractivity contribution is 7.99. The van der Waals surface area contributed by atoms with Crippen LogP contribution in [0.3, 0.4) is 0 Å². The number of fused-ring (bicyclic) bond motifs is 2. The van der Waals surface area contributed by atoms with E-state index in [0.29, 0.717) is 10.6 Å². The third-order valence-corrected chi connectivity index (χ3v) is 6.85. The Morgan fingerprint density at radius 3 is 2.73 bits per heavy atom. The lowest BCUT2D eigenvalue weighted by molar-refractivity contribution is -0.137. The SMILES string of the molecule is NC(=O)c1c(NC(=O)CSc2nnc3ccc(C(F)(F)F)cn23)sc2c1CCCC2. The summed E-state index contributed by atoms with van der Waals surface area (Å²) in [5, 5.41) is 11.0. The molecule has 0 saturated heterocycles. The number of anilines is 1. The Balaban J connectivity index is 1.50. The number of alkyl halides is 3. The number of thiophene rings is 1. The molecule has 4 rings (SSSR count). The van der Waals surface area contributed by atoms with Gasteiger partial charge in [0, 0.05) is 11.1 Å². The zero-order valence-corrected chi connectivity index (χ0v) is 17.1. The van der Waals surface area contributed by atoms with E-state index in [0.717, 1.165) is 60.1 Å². The van der Waals surface area contributed by atoms with Crippen molar-refractivity contribution in [3.63, 3.8) is 0 Å². The number of aromatic nitrogens is 3. The van der Waals surface area contributed by atoms with Gasteiger partial charge in [-0.1, -0.05) is 11.8 Å². The number of halogens is 3. The van der Waals surface area contributed by atoms with Crippen LogP contribution in [0.2, 0.25) is 0 Å². The molecule has 0 aromatic carbocycles. The smallest absolute Gasteiger partial charge is 0.365 e. The van der Waals surface area contributed by atoms with Crippen molar-refractivity contribution in [3.05, 3.63) is 39.9 Å². The van der Waals surface area contributed by atoms with Crippen LogP contribution in [-0.4, -0.2) is 32.2 Å². The first-order chi connectivity index (χ1) is 14.2. The molecule has 0 unspecified atom stereocenters. The van der Waals surface area contributed by atoms with Crippen LogP contribution in [-0.2, 0) is 23.8 Å². The van der Waals surface area contributed by atoms with Crippen molar-refractivity contribution in [1.82, 2.24) is 14.6 Å². The highest BCUT2D eigenvalue weighted by atomic mass is 32.2. The van der Waals surface area contributed by atoms with Crippen molar-refractivity contribution in [3.8, 4) is 0 Å². The summed E-state index contributed by atoms with van der Waals surface area (Å²) in [5.41, 5.74) is 6.19. The van der Waals surface area contributed by atoms with Gasteiger partial charge in [0.1, 0.15) is 5.00 Å². The second-order valence-electron chi connectivity index (χ2n) is 6.74. The maximum Gasteiger partial charge on any atom is 0.417 e. The Morgan fingerprint density at radius 2 is 2.00 bits per heavy atom. The number of nitrogens with two attached hydrogens (primary N) is 1. The fourth-order valence-electron chi connectivity index (χ4n) is 3.34. The van der Waals surface area contributed by atoms with E-state index in [1.165, 1.54) is 21.8 Å². The first kappa shape index (κ1) is 20.7. The van der Waals surface area contributed by atoms with Gasteiger partial charge in [0.2, 0.25) is 5.91 Å². The quantitative estimate of drug-likeness (QED) is 0.573. The average molecular weight is 455 g/mol. The zero-order valence-electron chi connectivity index (χ0n) is 15.5. The summed E-state index contributed by atoms with van der Waals surface area (Å²) in [6.45, 7) is 0. The van der Waals surface area contributed by atoms with Crippen LogP contribution in [0.5, 0.6) is 0 Å². The number of amides is 2. The van der Waals surface area contributed by atoms with Gasteiger partial charge in [0.05, 0.1) is 16.9 Å². The van der Waals surface area contributed by atoms with Gasteiger partial charge < -0.3 is 11.1 Å². The lowest BCUT2D eigenvalue weighted by atomic mass is 9.95. The minimum absolute atomic E-state index is 0.113. The van der Waals surface area contributed by atoms with Gasteiger partial charge in [-0.25, -0.2) is 0 Å². The number of rotatable bonds is 5. The Hall–Kier alpha value is -2.60. The molecule has 0 saturated carbocycles. The maximum atomic E-state index is 12.9. The molecule has 158 valence electrons. The standard InChI is InChI=1S/C18H16F3N5O2S2/c19-18(20,21)9-5-6-12-24-25-17(26(12)7-9)29-8-13(27)23-16-14(15(22)28)10-3-1-2-4-11(10)30-16/h5-7H,1-4,8H2,(H2,22,28)(H,23,27). The van der Waals surface area contributed by atoms with E-state index in [1.807, 2.05) is 0 Å². The van der Waals surface area contributed by atoms with Crippen LogP contribution in [0.1, 0.15) is 39.2 Å². The number of hydrogen-bond donors (Lipinski definition) is 2. The summed E-state index contributed by atoms with van der Waals surface area (Å²) in [7, 11) is 0. The molecule has 0 bridgehead atoms. The summed E-state index contributed by atoms with van der Waals surface area (Å²) in [6.07, 6.45) is -0.0164. The number of primary amides is 1. The number of nitrogens with one attached hydrogen (secondary N) is 1. The summed E-state index contributed by atoms with van der Waals surface area (Å²) in [4.78, 5) is 25.4. The Labute approximate surface area is 176 Å². The number of thioether (sulfide) groups is 1. The molecule has 2 amide bonds. The van der Waals surface area contributed by atoms with E-state index >= 15 is 0 Å². The van der Waals surface area contributed by atoms with Crippen molar-refractivity contribution in [2.45, 2.75) is 37.0 Å². The van der Waals surface area contributed by atoms with Crippen LogP contribution >= 0.6 is 23.1 Å². The molecule has 30 heavy (non-hydrogen) atoms. The van der Waals surface area contributed by atoms with Gasteiger partial charge in [-0.3, -0.25) is 14.0 Å². The van der Waals surface area contributed by atoms with Gasteiger partial charge >= 0.3 is 6.18 Å². The first-order valence-electron chi connectivity index (χ1n) is 9.03. The molecule has 0 spiro atoms. The monoisotopic (exact) mass is 455 g/mol. The largest absolute Gasteiger partial charge is 0.417 e. The fraction of sp³-hybridized carbons (Fsp3) is 0.333. The maximum absolute atomic E-state index is 12.9. The number of hydrogen-bond acceptors (Lipinski definition) is 6. The second-order valence-corrected chi connectivity index (χ2v) is 8.79. The lowest BCUT2D eigenvalue weighted by Gasteiger charge is -2.11. The molecular weight excluding hydrogens is 439 g/mol. The van der Waals surface area contributed by atoms with E-state index < -0.39 is 23.6 Å². The Kier molecular flexibility index (Phi) is 5.45. The summed E-state index contributed by atoms with van der Waals surface area (Å²) in [6, 6.07) is 2.14. The molecule has 7 nitrogen and oxygen atoms in total. The summed E-state index contributed by atoms with van der Waals surface area (Å²) in [5.74, 6) is -1.11. The highest BCUT2D eigenvalue weighted by Crippen LogP contribution is 2.38. The molecule has 0 aliphatic heterocycles. The highest BCUT2D eigenvalue weighted by Gasteiger charge is 2.31. The summed E-state index contributed by atoms with van der Waals surface area (Å²) >= 11 is 2.30. The third-order valence-electron chi connectivity index (χ3n) is 4.70.